The maximum absolute atomic E-state index is 12.5. The number of aromatic nitrogens is 2. The topological polar surface area (TPSA) is 72.9 Å². The van der Waals surface area contributed by atoms with Gasteiger partial charge in [-0.2, -0.15) is 0 Å². The van der Waals surface area contributed by atoms with Gasteiger partial charge < -0.3 is 19.6 Å². The Hall–Kier alpha value is -2.22. The average molecular weight is 346 g/mol. The summed E-state index contributed by atoms with van der Waals surface area (Å²) in [5, 5.41) is 0. The summed E-state index contributed by atoms with van der Waals surface area (Å²) in [6, 6.07) is 0. The Morgan fingerprint density at radius 3 is 2.08 bits per heavy atom. The van der Waals surface area contributed by atoms with Gasteiger partial charge in [-0.05, 0) is 6.54 Å². The summed E-state index contributed by atoms with van der Waals surface area (Å²) in [6.07, 6.45) is 3.27. The van der Waals surface area contributed by atoms with Crippen molar-refractivity contribution in [3.63, 3.8) is 0 Å². The molecule has 3 rings (SSSR count). The molecule has 0 radical (unpaired) electrons. The average Bonchev–Trinajstić information content (AvgIpc) is 2.67. The SMILES string of the molecule is CCN1CCN(c2cnc(C(=O)N3CCN(C(C)=O)CC3)cn2)CC1. The number of carbonyl (C=O) groups is 2. The lowest BCUT2D eigenvalue weighted by Crippen LogP contribution is -2.50. The van der Waals surface area contributed by atoms with Crippen molar-refractivity contribution >= 4 is 17.6 Å². The third-order valence-electron chi connectivity index (χ3n) is 5.01. The first-order valence-corrected chi connectivity index (χ1v) is 8.92. The summed E-state index contributed by atoms with van der Waals surface area (Å²) in [5.41, 5.74) is 0.368. The highest BCUT2D eigenvalue weighted by Gasteiger charge is 2.24. The van der Waals surface area contributed by atoms with Crippen LogP contribution in [0.3, 0.4) is 0 Å². The molecule has 3 heterocycles. The Morgan fingerprint density at radius 1 is 0.920 bits per heavy atom. The summed E-state index contributed by atoms with van der Waals surface area (Å²) in [5.74, 6) is 0.770. The second kappa shape index (κ2) is 7.77. The van der Waals surface area contributed by atoms with Crippen LogP contribution in [0.2, 0.25) is 0 Å². The maximum Gasteiger partial charge on any atom is 0.274 e. The van der Waals surface area contributed by atoms with Crippen molar-refractivity contribution in [3.8, 4) is 0 Å². The van der Waals surface area contributed by atoms with Crippen LogP contribution in [-0.2, 0) is 4.79 Å². The number of piperazine rings is 2. The van der Waals surface area contributed by atoms with Crippen LogP contribution in [0.1, 0.15) is 24.3 Å². The maximum atomic E-state index is 12.5. The van der Waals surface area contributed by atoms with Crippen molar-refractivity contribution in [3.05, 3.63) is 18.1 Å². The fourth-order valence-corrected chi connectivity index (χ4v) is 3.27. The number of hydrogen-bond acceptors (Lipinski definition) is 6. The first-order chi connectivity index (χ1) is 12.1. The fraction of sp³-hybridized carbons (Fsp3) is 0.647. The van der Waals surface area contributed by atoms with Crippen LogP contribution in [0, 0.1) is 0 Å². The molecule has 0 spiro atoms. The molecule has 0 atom stereocenters. The number of amides is 2. The van der Waals surface area contributed by atoms with Crippen molar-refractivity contribution < 1.29 is 9.59 Å². The predicted molar refractivity (Wildman–Crippen MR) is 94.5 cm³/mol. The van der Waals surface area contributed by atoms with Crippen molar-refractivity contribution in [1.29, 1.82) is 0 Å². The summed E-state index contributed by atoms with van der Waals surface area (Å²) in [6.45, 7) is 11.0. The van der Waals surface area contributed by atoms with Crippen LogP contribution >= 0.6 is 0 Å². The third kappa shape index (κ3) is 4.07. The Morgan fingerprint density at radius 2 is 1.56 bits per heavy atom. The molecule has 25 heavy (non-hydrogen) atoms. The van der Waals surface area contributed by atoms with E-state index in [1.807, 2.05) is 0 Å². The molecule has 2 saturated heterocycles. The van der Waals surface area contributed by atoms with Gasteiger partial charge in [0, 0.05) is 59.3 Å². The minimum atomic E-state index is -0.113. The fourth-order valence-electron chi connectivity index (χ4n) is 3.27. The Labute approximate surface area is 148 Å². The zero-order valence-corrected chi connectivity index (χ0v) is 15.0. The summed E-state index contributed by atoms with van der Waals surface area (Å²) in [7, 11) is 0. The number of hydrogen-bond donors (Lipinski definition) is 0. The van der Waals surface area contributed by atoms with Crippen molar-refractivity contribution in [2.24, 2.45) is 0 Å². The summed E-state index contributed by atoms with van der Waals surface area (Å²) < 4.78 is 0. The lowest BCUT2D eigenvalue weighted by molar-refractivity contribution is -0.130. The van der Waals surface area contributed by atoms with E-state index in [0.717, 1.165) is 38.5 Å². The van der Waals surface area contributed by atoms with Crippen molar-refractivity contribution in [2.75, 3.05) is 63.8 Å². The molecule has 2 aliphatic rings. The minimum Gasteiger partial charge on any atom is -0.353 e. The molecule has 0 unspecified atom stereocenters. The molecule has 2 fully saturated rings. The van der Waals surface area contributed by atoms with E-state index in [2.05, 4.69) is 26.7 Å². The summed E-state index contributed by atoms with van der Waals surface area (Å²) in [4.78, 5) is 40.8. The standard InChI is InChI=1S/C17H26N6O2/c1-3-20-4-6-22(7-5-20)16-13-18-15(12-19-16)17(25)23-10-8-21(9-11-23)14(2)24/h12-13H,3-11H2,1-2H3. The van der Waals surface area contributed by atoms with Crippen LogP contribution < -0.4 is 4.90 Å². The van der Waals surface area contributed by atoms with Gasteiger partial charge >= 0.3 is 0 Å². The molecule has 8 nitrogen and oxygen atoms in total. The predicted octanol–water partition coefficient (Wildman–Crippen LogP) is -0.0772. The second-order valence-electron chi connectivity index (χ2n) is 6.48. The molecular formula is C17H26N6O2. The number of rotatable bonds is 3. The smallest absolute Gasteiger partial charge is 0.274 e. The Bertz CT molecular complexity index is 604. The van der Waals surface area contributed by atoms with Gasteiger partial charge in [0.2, 0.25) is 5.91 Å². The molecular weight excluding hydrogens is 320 g/mol. The quantitative estimate of drug-likeness (QED) is 0.762. The molecule has 0 aromatic carbocycles. The van der Waals surface area contributed by atoms with Crippen LogP contribution in [-0.4, -0.2) is 95.4 Å². The second-order valence-corrected chi connectivity index (χ2v) is 6.48. The van der Waals surface area contributed by atoms with Gasteiger partial charge in [0.05, 0.1) is 12.4 Å². The normalized spacial score (nSPS) is 19.2. The van der Waals surface area contributed by atoms with Gasteiger partial charge in [-0.15, -0.1) is 0 Å². The van der Waals surface area contributed by atoms with E-state index in [4.69, 9.17) is 0 Å². The Kier molecular flexibility index (Phi) is 5.47. The number of nitrogens with zero attached hydrogens (tertiary/aromatic N) is 6. The van der Waals surface area contributed by atoms with Gasteiger partial charge in [-0.1, -0.05) is 6.92 Å². The van der Waals surface area contributed by atoms with Gasteiger partial charge in [0.15, 0.2) is 0 Å². The van der Waals surface area contributed by atoms with E-state index in [9.17, 15) is 9.59 Å². The highest BCUT2D eigenvalue weighted by atomic mass is 16.2. The Balaban J connectivity index is 1.57. The molecule has 136 valence electrons. The lowest BCUT2D eigenvalue weighted by atomic mass is 10.2. The van der Waals surface area contributed by atoms with E-state index in [1.165, 1.54) is 0 Å². The first kappa shape index (κ1) is 17.6. The number of anilines is 1. The minimum absolute atomic E-state index is 0.0550. The number of carbonyl (C=O) groups excluding carboxylic acids is 2. The third-order valence-corrected chi connectivity index (χ3v) is 5.01. The zero-order valence-electron chi connectivity index (χ0n) is 15.0. The molecule has 1 aromatic rings. The molecule has 1 aromatic heterocycles. The lowest BCUT2D eigenvalue weighted by Gasteiger charge is -2.35. The van der Waals surface area contributed by atoms with Crippen LogP contribution in [0.25, 0.3) is 0 Å². The highest BCUT2D eigenvalue weighted by molar-refractivity contribution is 5.92. The first-order valence-electron chi connectivity index (χ1n) is 8.92. The van der Waals surface area contributed by atoms with Crippen molar-refractivity contribution in [1.82, 2.24) is 24.7 Å². The van der Waals surface area contributed by atoms with Crippen LogP contribution in [0.5, 0.6) is 0 Å². The van der Waals surface area contributed by atoms with Crippen LogP contribution in [0.15, 0.2) is 12.4 Å². The molecule has 0 saturated carbocycles. The summed E-state index contributed by atoms with van der Waals surface area (Å²) >= 11 is 0. The molecule has 2 aliphatic heterocycles. The van der Waals surface area contributed by atoms with E-state index < -0.39 is 0 Å². The van der Waals surface area contributed by atoms with Gasteiger partial charge in [0.25, 0.3) is 5.91 Å². The van der Waals surface area contributed by atoms with E-state index >= 15 is 0 Å². The molecule has 0 N–H and O–H groups in total. The molecule has 8 heteroatoms. The van der Waals surface area contributed by atoms with Crippen LogP contribution in [0.4, 0.5) is 5.82 Å². The van der Waals surface area contributed by atoms with E-state index in [1.54, 1.807) is 29.1 Å². The highest BCUT2D eigenvalue weighted by Crippen LogP contribution is 2.13. The van der Waals surface area contributed by atoms with E-state index in [-0.39, 0.29) is 11.8 Å². The molecule has 2 amide bonds. The van der Waals surface area contributed by atoms with Gasteiger partial charge in [-0.25, -0.2) is 9.97 Å². The number of likely N-dealkylation sites (N-methyl/N-ethyl adjacent to an activating group) is 1. The molecule has 0 aliphatic carbocycles. The molecule has 0 bridgehead atoms. The van der Waals surface area contributed by atoms with Gasteiger partial charge in [0.1, 0.15) is 11.5 Å². The van der Waals surface area contributed by atoms with E-state index in [0.29, 0.717) is 31.9 Å². The largest absolute Gasteiger partial charge is 0.353 e. The van der Waals surface area contributed by atoms with Crippen molar-refractivity contribution in [2.45, 2.75) is 13.8 Å². The zero-order chi connectivity index (χ0) is 17.8. The van der Waals surface area contributed by atoms with Gasteiger partial charge in [-0.3, -0.25) is 9.59 Å². The monoisotopic (exact) mass is 346 g/mol.